The highest BCUT2D eigenvalue weighted by molar-refractivity contribution is 6.30. The smallest absolute Gasteiger partial charge is 0.259 e. The van der Waals surface area contributed by atoms with Crippen molar-refractivity contribution in [1.29, 1.82) is 0 Å². The molecule has 6 nitrogen and oxygen atoms in total. The van der Waals surface area contributed by atoms with Gasteiger partial charge in [-0.25, -0.2) is 4.98 Å². The summed E-state index contributed by atoms with van der Waals surface area (Å²) >= 11 is 6.02. The average Bonchev–Trinajstić information content (AvgIpc) is 3.14. The number of nitrogens with one attached hydrogen (secondary N) is 1. The number of benzene rings is 2. The standard InChI is InChI=1S/C25H25ClN4O2/c1-3-4-5-14-29-23(19-8-12-21(13-9-19)27-17(2)31)16-30-24(32)15-22(28-25(29)30)18-6-10-20(26)11-7-18/h6-13,15-16H,3-5,14H2,1-2H3,(H,27,31). The first-order valence-corrected chi connectivity index (χ1v) is 11.1. The van der Waals surface area contributed by atoms with Crippen LogP contribution in [0.15, 0.2) is 65.6 Å². The van der Waals surface area contributed by atoms with Crippen molar-refractivity contribution in [1.82, 2.24) is 14.0 Å². The number of carbonyl (C=O) groups excluding carboxylic acids is 1. The number of rotatable bonds is 7. The van der Waals surface area contributed by atoms with Crippen molar-refractivity contribution < 1.29 is 4.79 Å². The average molecular weight is 449 g/mol. The van der Waals surface area contributed by atoms with Gasteiger partial charge in [0.15, 0.2) is 0 Å². The van der Waals surface area contributed by atoms with Crippen LogP contribution >= 0.6 is 11.6 Å². The molecule has 2 aromatic heterocycles. The molecule has 1 amide bonds. The Bertz CT molecular complexity index is 1310. The number of aryl methyl sites for hydroxylation is 1. The van der Waals surface area contributed by atoms with E-state index in [0.29, 0.717) is 16.5 Å². The van der Waals surface area contributed by atoms with E-state index in [1.54, 1.807) is 22.6 Å². The minimum absolute atomic E-state index is 0.114. The number of hydrogen-bond donors (Lipinski definition) is 1. The second-order valence-corrected chi connectivity index (χ2v) is 8.22. The van der Waals surface area contributed by atoms with E-state index in [1.807, 2.05) is 42.6 Å². The molecule has 4 rings (SSSR count). The number of hydrogen-bond acceptors (Lipinski definition) is 3. The Morgan fingerprint density at radius 3 is 2.38 bits per heavy atom. The normalized spacial score (nSPS) is 11.1. The molecule has 164 valence electrons. The molecule has 1 N–H and O–H groups in total. The summed E-state index contributed by atoms with van der Waals surface area (Å²) in [6, 6.07) is 16.5. The fraction of sp³-hybridized carbons (Fsp3) is 0.240. The molecule has 0 aliphatic heterocycles. The number of imidazole rings is 1. The fourth-order valence-electron chi connectivity index (χ4n) is 3.76. The van der Waals surface area contributed by atoms with Crippen molar-refractivity contribution in [2.24, 2.45) is 0 Å². The highest BCUT2D eigenvalue weighted by Gasteiger charge is 2.15. The predicted molar refractivity (Wildman–Crippen MR) is 129 cm³/mol. The van der Waals surface area contributed by atoms with Crippen LogP contribution in [0.25, 0.3) is 28.3 Å². The van der Waals surface area contributed by atoms with Gasteiger partial charge in [-0.1, -0.05) is 55.6 Å². The summed E-state index contributed by atoms with van der Waals surface area (Å²) in [5, 5.41) is 3.42. The van der Waals surface area contributed by atoms with Crippen molar-refractivity contribution in [3.63, 3.8) is 0 Å². The van der Waals surface area contributed by atoms with Crippen LogP contribution in [0.3, 0.4) is 0 Å². The van der Waals surface area contributed by atoms with Crippen molar-refractivity contribution in [2.45, 2.75) is 39.7 Å². The van der Waals surface area contributed by atoms with Crippen LogP contribution in [0.5, 0.6) is 0 Å². The molecule has 0 aliphatic rings. The Morgan fingerprint density at radius 1 is 1.03 bits per heavy atom. The van der Waals surface area contributed by atoms with Gasteiger partial charge < -0.3 is 9.88 Å². The lowest BCUT2D eigenvalue weighted by Gasteiger charge is -2.10. The Kier molecular flexibility index (Phi) is 6.42. The van der Waals surface area contributed by atoms with Crippen LogP contribution in [-0.4, -0.2) is 19.9 Å². The number of halogens is 1. The highest BCUT2D eigenvalue weighted by Crippen LogP contribution is 2.26. The Labute approximate surface area is 191 Å². The summed E-state index contributed by atoms with van der Waals surface area (Å²) in [6.07, 6.45) is 5.02. The Balaban J connectivity index is 1.83. The lowest BCUT2D eigenvalue weighted by atomic mass is 10.1. The molecular weight excluding hydrogens is 424 g/mol. The molecule has 2 heterocycles. The number of carbonyl (C=O) groups is 1. The maximum absolute atomic E-state index is 13.0. The first kappa shape index (κ1) is 21.8. The first-order valence-electron chi connectivity index (χ1n) is 10.7. The molecule has 4 aromatic rings. The zero-order valence-corrected chi connectivity index (χ0v) is 18.9. The van der Waals surface area contributed by atoms with Crippen LogP contribution in [0.2, 0.25) is 5.02 Å². The second kappa shape index (κ2) is 9.40. The molecule has 0 aliphatic carbocycles. The minimum Gasteiger partial charge on any atom is -0.326 e. The summed E-state index contributed by atoms with van der Waals surface area (Å²) < 4.78 is 3.70. The zero-order valence-electron chi connectivity index (χ0n) is 18.1. The number of anilines is 1. The van der Waals surface area contributed by atoms with E-state index < -0.39 is 0 Å². The lowest BCUT2D eigenvalue weighted by Crippen LogP contribution is -2.14. The van der Waals surface area contributed by atoms with Crippen LogP contribution in [0.1, 0.15) is 33.1 Å². The van der Waals surface area contributed by atoms with E-state index >= 15 is 0 Å². The first-order chi connectivity index (χ1) is 15.5. The van der Waals surface area contributed by atoms with Gasteiger partial charge in [-0.3, -0.25) is 14.0 Å². The van der Waals surface area contributed by atoms with E-state index in [-0.39, 0.29) is 11.5 Å². The number of amides is 1. The van der Waals surface area contributed by atoms with Gasteiger partial charge in [-0.15, -0.1) is 0 Å². The topological polar surface area (TPSA) is 68.4 Å². The molecule has 0 radical (unpaired) electrons. The lowest BCUT2D eigenvalue weighted by molar-refractivity contribution is -0.114. The van der Waals surface area contributed by atoms with Crippen molar-refractivity contribution in [2.75, 3.05) is 5.32 Å². The predicted octanol–water partition coefficient (Wildman–Crippen LogP) is 5.63. The monoisotopic (exact) mass is 448 g/mol. The van der Waals surface area contributed by atoms with Crippen molar-refractivity contribution >= 4 is 29.0 Å². The SMILES string of the molecule is CCCCCn1c(-c2ccc(NC(C)=O)cc2)cn2c(=O)cc(-c3ccc(Cl)cc3)nc12. The summed E-state index contributed by atoms with van der Waals surface area (Å²) in [6.45, 7) is 4.40. The molecular formula is C25H25ClN4O2. The molecule has 2 aromatic carbocycles. The number of unbranched alkanes of at least 4 members (excludes halogenated alkanes) is 2. The van der Waals surface area contributed by atoms with Gasteiger partial charge in [0.2, 0.25) is 11.7 Å². The Morgan fingerprint density at radius 2 is 1.72 bits per heavy atom. The molecule has 32 heavy (non-hydrogen) atoms. The quantitative estimate of drug-likeness (QED) is 0.372. The van der Waals surface area contributed by atoms with Crippen LogP contribution in [0.4, 0.5) is 5.69 Å². The van der Waals surface area contributed by atoms with E-state index in [1.165, 1.54) is 6.92 Å². The van der Waals surface area contributed by atoms with Crippen molar-refractivity contribution in [3.8, 4) is 22.5 Å². The van der Waals surface area contributed by atoms with Crippen LogP contribution in [-0.2, 0) is 11.3 Å². The van der Waals surface area contributed by atoms with E-state index in [2.05, 4.69) is 16.8 Å². The van der Waals surface area contributed by atoms with Gasteiger partial charge in [0, 0.05) is 42.0 Å². The second-order valence-electron chi connectivity index (χ2n) is 7.79. The zero-order chi connectivity index (χ0) is 22.7. The molecule has 0 spiro atoms. The third-order valence-corrected chi connectivity index (χ3v) is 5.60. The molecule has 0 bridgehead atoms. The van der Waals surface area contributed by atoms with E-state index in [4.69, 9.17) is 16.6 Å². The maximum atomic E-state index is 13.0. The molecule has 0 unspecified atom stereocenters. The Hall–Kier alpha value is -3.38. The third kappa shape index (κ3) is 4.60. The van der Waals surface area contributed by atoms with Gasteiger partial charge >= 0.3 is 0 Å². The summed E-state index contributed by atoms with van der Waals surface area (Å²) in [5.41, 5.74) is 3.92. The van der Waals surface area contributed by atoms with E-state index in [0.717, 1.165) is 48.3 Å². The fourth-order valence-corrected chi connectivity index (χ4v) is 3.88. The number of fused-ring (bicyclic) bond motifs is 1. The third-order valence-electron chi connectivity index (χ3n) is 5.34. The van der Waals surface area contributed by atoms with Crippen LogP contribution in [0, 0.1) is 0 Å². The summed E-state index contributed by atoms with van der Waals surface area (Å²) in [4.78, 5) is 29.1. The van der Waals surface area contributed by atoms with Gasteiger partial charge in [0.1, 0.15) is 0 Å². The van der Waals surface area contributed by atoms with Gasteiger partial charge in [0.05, 0.1) is 11.4 Å². The summed E-state index contributed by atoms with van der Waals surface area (Å²) in [5.74, 6) is 0.497. The van der Waals surface area contributed by atoms with Gasteiger partial charge in [-0.05, 0) is 36.2 Å². The molecule has 0 saturated carbocycles. The molecule has 0 saturated heterocycles. The molecule has 7 heteroatoms. The van der Waals surface area contributed by atoms with Gasteiger partial charge in [-0.2, -0.15) is 0 Å². The van der Waals surface area contributed by atoms with Crippen LogP contribution < -0.4 is 10.9 Å². The van der Waals surface area contributed by atoms with Crippen molar-refractivity contribution in [3.05, 3.63) is 76.2 Å². The molecule has 0 atom stereocenters. The van der Waals surface area contributed by atoms with E-state index in [9.17, 15) is 9.59 Å². The summed E-state index contributed by atoms with van der Waals surface area (Å²) in [7, 11) is 0. The number of aromatic nitrogens is 3. The number of nitrogens with zero attached hydrogens (tertiary/aromatic N) is 3. The van der Waals surface area contributed by atoms with Gasteiger partial charge in [0.25, 0.3) is 5.56 Å². The molecule has 0 fully saturated rings. The highest BCUT2D eigenvalue weighted by atomic mass is 35.5. The minimum atomic E-state index is -0.134. The largest absolute Gasteiger partial charge is 0.326 e. The maximum Gasteiger partial charge on any atom is 0.259 e.